The summed E-state index contributed by atoms with van der Waals surface area (Å²) in [6.07, 6.45) is 1.47. The van der Waals surface area contributed by atoms with E-state index in [1.54, 1.807) is 4.52 Å². The first-order chi connectivity index (χ1) is 12.3. The highest BCUT2D eigenvalue weighted by molar-refractivity contribution is 5.53. The van der Waals surface area contributed by atoms with Crippen molar-refractivity contribution in [3.63, 3.8) is 0 Å². The Balaban J connectivity index is 1.30. The molecule has 1 aliphatic rings. The highest BCUT2D eigenvalue weighted by Gasteiger charge is 2.19. The molecule has 1 aliphatic heterocycles. The third-order valence-corrected chi connectivity index (χ3v) is 4.38. The first kappa shape index (κ1) is 15.6. The van der Waals surface area contributed by atoms with Crippen LogP contribution in [-0.4, -0.2) is 63.8 Å². The number of nitrogens with zero attached hydrogens (tertiary/aromatic N) is 6. The number of para-hydroxylation sites is 1. The van der Waals surface area contributed by atoms with Gasteiger partial charge in [0, 0.05) is 38.8 Å². The van der Waals surface area contributed by atoms with E-state index in [2.05, 4.69) is 24.9 Å². The molecule has 130 valence electrons. The Labute approximate surface area is 145 Å². The molecular weight excluding hydrogens is 318 g/mol. The number of hydrogen-bond acceptors (Lipinski definition) is 7. The molecule has 0 unspecified atom stereocenters. The molecule has 2 N–H and O–H groups in total. The minimum absolute atomic E-state index is 0.536. The summed E-state index contributed by atoms with van der Waals surface area (Å²) < 4.78 is 7.32. The number of fused-ring (bicyclic) bond motifs is 1. The Morgan fingerprint density at radius 3 is 2.68 bits per heavy atom. The minimum Gasteiger partial charge on any atom is -0.492 e. The van der Waals surface area contributed by atoms with Crippen molar-refractivity contribution >= 4 is 17.4 Å². The van der Waals surface area contributed by atoms with E-state index in [9.17, 15) is 0 Å². The standard InChI is InChI=1S/C17H21N7O/c18-15-12-16(21-17-19-13-20-24(15)17)23-8-6-22(7-9-23)10-11-25-14-4-2-1-3-5-14/h1-5,12-13H,6-11,18H2. The van der Waals surface area contributed by atoms with Crippen molar-refractivity contribution in [1.82, 2.24) is 24.5 Å². The number of aromatic nitrogens is 4. The van der Waals surface area contributed by atoms with Gasteiger partial charge < -0.3 is 15.4 Å². The second-order valence-corrected chi connectivity index (χ2v) is 6.00. The molecule has 1 saturated heterocycles. The van der Waals surface area contributed by atoms with Crippen LogP contribution in [0.25, 0.3) is 5.78 Å². The third kappa shape index (κ3) is 3.48. The van der Waals surface area contributed by atoms with E-state index in [0.29, 0.717) is 18.2 Å². The van der Waals surface area contributed by atoms with Gasteiger partial charge in [-0.05, 0) is 12.1 Å². The number of rotatable bonds is 5. The maximum Gasteiger partial charge on any atom is 0.256 e. The van der Waals surface area contributed by atoms with E-state index in [4.69, 9.17) is 10.5 Å². The van der Waals surface area contributed by atoms with Crippen molar-refractivity contribution in [1.29, 1.82) is 0 Å². The van der Waals surface area contributed by atoms with Gasteiger partial charge in [0.15, 0.2) is 0 Å². The fourth-order valence-electron chi connectivity index (χ4n) is 2.99. The number of benzene rings is 1. The molecule has 3 heterocycles. The van der Waals surface area contributed by atoms with E-state index in [0.717, 1.165) is 44.3 Å². The summed E-state index contributed by atoms with van der Waals surface area (Å²) in [5.41, 5.74) is 6.02. The van der Waals surface area contributed by atoms with E-state index in [1.165, 1.54) is 6.33 Å². The number of nitrogens with two attached hydrogens (primary N) is 1. The van der Waals surface area contributed by atoms with E-state index >= 15 is 0 Å². The van der Waals surface area contributed by atoms with Gasteiger partial charge in [0.1, 0.15) is 30.3 Å². The molecule has 0 aliphatic carbocycles. The van der Waals surface area contributed by atoms with E-state index in [-0.39, 0.29) is 0 Å². The molecular formula is C17H21N7O. The van der Waals surface area contributed by atoms with Crippen molar-refractivity contribution in [2.24, 2.45) is 0 Å². The van der Waals surface area contributed by atoms with Crippen LogP contribution in [-0.2, 0) is 0 Å². The highest BCUT2D eigenvalue weighted by Crippen LogP contribution is 2.18. The van der Waals surface area contributed by atoms with Crippen molar-refractivity contribution in [3.05, 3.63) is 42.7 Å². The van der Waals surface area contributed by atoms with Gasteiger partial charge in [-0.15, -0.1) is 0 Å². The zero-order chi connectivity index (χ0) is 17.1. The van der Waals surface area contributed by atoms with Crippen LogP contribution in [0.5, 0.6) is 5.75 Å². The normalized spacial score (nSPS) is 15.6. The largest absolute Gasteiger partial charge is 0.492 e. The predicted molar refractivity (Wildman–Crippen MR) is 95.8 cm³/mol. The second-order valence-electron chi connectivity index (χ2n) is 6.00. The summed E-state index contributed by atoms with van der Waals surface area (Å²) in [4.78, 5) is 13.3. The van der Waals surface area contributed by atoms with Crippen LogP contribution in [0, 0.1) is 0 Å². The molecule has 0 spiro atoms. The number of anilines is 2. The molecule has 0 bridgehead atoms. The van der Waals surface area contributed by atoms with Gasteiger partial charge in [-0.25, -0.2) is 0 Å². The van der Waals surface area contributed by atoms with Crippen molar-refractivity contribution in [2.75, 3.05) is 50.0 Å². The monoisotopic (exact) mass is 339 g/mol. The second kappa shape index (κ2) is 6.94. The number of hydrogen-bond donors (Lipinski definition) is 1. The fourth-order valence-corrected chi connectivity index (χ4v) is 2.99. The predicted octanol–water partition coefficient (Wildman–Crippen LogP) is 0.907. The van der Waals surface area contributed by atoms with Crippen LogP contribution < -0.4 is 15.4 Å². The molecule has 0 saturated carbocycles. The molecule has 2 aromatic heterocycles. The van der Waals surface area contributed by atoms with Gasteiger partial charge in [-0.2, -0.15) is 19.6 Å². The summed E-state index contributed by atoms with van der Waals surface area (Å²) in [6, 6.07) is 11.8. The number of piperazine rings is 1. The summed E-state index contributed by atoms with van der Waals surface area (Å²) >= 11 is 0. The van der Waals surface area contributed by atoms with Crippen LogP contribution >= 0.6 is 0 Å². The van der Waals surface area contributed by atoms with Crippen LogP contribution in [0.1, 0.15) is 0 Å². The first-order valence-corrected chi connectivity index (χ1v) is 8.41. The van der Waals surface area contributed by atoms with Crippen LogP contribution in [0.2, 0.25) is 0 Å². The quantitative estimate of drug-likeness (QED) is 0.739. The van der Waals surface area contributed by atoms with E-state index in [1.807, 2.05) is 36.4 Å². The maximum absolute atomic E-state index is 6.02. The molecule has 1 fully saturated rings. The topological polar surface area (TPSA) is 84.8 Å². The van der Waals surface area contributed by atoms with Gasteiger partial charge in [0.05, 0.1) is 0 Å². The molecule has 1 aromatic carbocycles. The Morgan fingerprint density at radius 2 is 1.88 bits per heavy atom. The molecule has 4 rings (SSSR count). The first-order valence-electron chi connectivity index (χ1n) is 8.41. The lowest BCUT2D eigenvalue weighted by atomic mass is 10.3. The lowest BCUT2D eigenvalue weighted by Crippen LogP contribution is -2.47. The van der Waals surface area contributed by atoms with Crippen molar-refractivity contribution in [3.8, 4) is 5.75 Å². The molecule has 0 amide bonds. The Hall–Kier alpha value is -2.87. The average molecular weight is 339 g/mol. The highest BCUT2D eigenvalue weighted by atomic mass is 16.5. The number of nitrogen functional groups attached to an aromatic ring is 1. The molecule has 8 nitrogen and oxygen atoms in total. The Morgan fingerprint density at radius 1 is 1.08 bits per heavy atom. The molecule has 0 atom stereocenters. The zero-order valence-electron chi connectivity index (χ0n) is 14.0. The molecule has 3 aromatic rings. The molecule has 0 radical (unpaired) electrons. The third-order valence-electron chi connectivity index (χ3n) is 4.38. The SMILES string of the molecule is Nc1cc(N2CCN(CCOc3ccccc3)CC2)nc2ncnn12. The van der Waals surface area contributed by atoms with Gasteiger partial charge in [-0.1, -0.05) is 18.2 Å². The summed E-state index contributed by atoms with van der Waals surface area (Å²) in [5.74, 6) is 2.87. The average Bonchev–Trinajstić information content (AvgIpc) is 3.12. The van der Waals surface area contributed by atoms with Crippen molar-refractivity contribution < 1.29 is 4.74 Å². The molecule has 8 heteroatoms. The summed E-state index contributed by atoms with van der Waals surface area (Å²) in [6.45, 7) is 5.36. The zero-order valence-corrected chi connectivity index (χ0v) is 14.0. The van der Waals surface area contributed by atoms with Crippen LogP contribution in [0.15, 0.2) is 42.7 Å². The number of ether oxygens (including phenoxy) is 1. The van der Waals surface area contributed by atoms with Crippen LogP contribution in [0.3, 0.4) is 0 Å². The maximum atomic E-state index is 6.02. The van der Waals surface area contributed by atoms with Gasteiger partial charge in [0.2, 0.25) is 0 Å². The van der Waals surface area contributed by atoms with Gasteiger partial charge in [0.25, 0.3) is 5.78 Å². The van der Waals surface area contributed by atoms with E-state index < -0.39 is 0 Å². The Bertz CT molecular complexity index is 827. The summed E-state index contributed by atoms with van der Waals surface area (Å²) in [7, 11) is 0. The smallest absolute Gasteiger partial charge is 0.256 e. The lowest BCUT2D eigenvalue weighted by molar-refractivity contribution is 0.200. The van der Waals surface area contributed by atoms with Crippen molar-refractivity contribution in [2.45, 2.75) is 0 Å². The van der Waals surface area contributed by atoms with Crippen LogP contribution in [0.4, 0.5) is 11.6 Å². The summed E-state index contributed by atoms with van der Waals surface area (Å²) in [5, 5.41) is 4.05. The molecule has 25 heavy (non-hydrogen) atoms. The lowest BCUT2D eigenvalue weighted by Gasteiger charge is -2.35. The van der Waals surface area contributed by atoms with Gasteiger partial charge >= 0.3 is 0 Å². The Kier molecular flexibility index (Phi) is 4.34. The fraction of sp³-hybridized carbons (Fsp3) is 0.353. The van der Waals surface area contributed by atoms with Gasteiger partial charge in [-0.3, -0.25) is 4.90 Å². The minimum atomic E-state index is 0.536.